The number of anilines is 1. The van der Waals surface area contributed by atoms with Crippen molar-refractivity contribution in [1.29, 1.82) is 0 Å². The smallest absolute Gasteiger partial charge is 0.0431 e. The summed E-state index contributed by atoms with van der Waals surface area (Å²) >= 11 is 0. The number of nitrogens with zero attached hydrogens (tertiary/aromatic N) is 1. The highest BCUT2D eigenvalue weighted by Crippen LogP contribution is 2.34. The lowest BCUT2D eigenvalue weighted by Crippen LogP contribution is -2.30. The number of benzene rings is 1. The fraction of sp³-hybridized carbons (Fsp3) is 0.600. The highest BCUT2D eigenvalue weighted by atomic mass is 15.1. The SMILES string of the molecule is CCN1CCCc2ccc(C(C)C)c(C)c21. The summed E-state index contributed by atoms with van der Waals surface area (Å²) in [5, 5.41) is 0. The maximum absolute atomic E-state index is 2.54. The minimum Gasteiger partial charge on any atom is -0.371 e. The summed E-state index contributed by atoms with van der Waals surface area (Å²) in [6.07, 6.45) is 2.56. The first-order chi connectivity index (χ1) is 7.65. The quantitative estimate of drug-likeness (QED) is 0.726. The molecule has 0 atom stereocenters. The van der Waals surface area contributed by atoms with E-state index in [-0.39, 0.29) is 0 Å². The van der Waals surface area contributed by atoms with Gasteiger partial charge in [0, 0.05) is 18.8 Å². The first-order valence-corrected chi connectivity index (χ1v) is 6.52. The lowest BCUT2D eigenvalue weighted by Gasteiger charge is -2.33. The second-order valence-electron chi connectivity index (χ2n) is 5.13. The number of fused-ring (bicyclic) bond motifs is 1. The molecule has 1 heteroatoms. The summed E-state index contributed by atoms with van der Waals surface area (Å²) in [6.45, 7) is 11.5. The van der Waals surface area contributed by atoms with Gasteiger partial charge in [-0.25, -0.2) is 0 Å². The van der Waals surface area contributed by atoms with Gasteiger partial charge in [-0.05, 0) is 49.3 Å². The van der Waals surface area contributed by atoms with Crippen LogP contribution in [0.3, 0.4) is 0 Å². The van der Waals surface area contributed by atoms with Crippen LogP contribution in [0.4, 0.5) is 5.69 Å². The molecule has 1 aromatic rings. The van der Waals surface area contributed by atoms with Crippen molar-refractivity contribution < 1.29 is 0 Å². The van der Waals surface area contributed by atoms with Crippen LogP contribution in [0.1, 0.15) is 49.8 Å². The van der Waals surface area contributed by atoms with Crippen molar-refractivity contribution in [3.05, 3.63) is 28.8 Å². The van der Waals surface area contributed by atoms with Gasteiger partial charge in [-0.1, -0.05) is 26.0 Å². The zero-order valence-corrected chi connectivity index (χ0v) is 11.0. The molecule has 0 saturated carbocycles. The van der Waals surface area contributed by atoms with Gasteiger partial charge in [0.2, 0.25) is 0 Å². The van der Waals surface area contributed by atoms with E-state index >= 15 is 0 Å². The molecule has 0 amide bonds. The highest BCUT2D eigenvalue weighted by molar-refractivity contribution is 5.63. The van der Waals surface area contributed by atoms with Crippen molar-refractivity contribution >= 4 is 5.69 Å². The van der Waals surface area contributed by atoms with Crippen molar-refractivity contribution in [3.63, 3.8) is 0 Å². The average molecular weight is 217 g/mol. The predicted octanol–water partition coefficient (Wildman–Crippen LogP) is 3.89. The molecular formula is C15H23N. The molecule has 0 bridgehead atoms. The Hall–Kier alpha value is -0.980. The molecule has 1 aliphatic rings. The van der Waals surface area contributed by atoms with E-state index in [0.717, 1.165) is 6.54 Å². The van der Waals surface area contributed by atoms with E-state index in [0.29, 0.717) is 5.92 Å². The molecule has 0 aliphatic carbocycles. The molecule has 0 spiro atoms. The van der Waals surface area contributed by atoms with Crippen molar-refractivity contribution in [2.75, 3.05) is 18.0 Å². The van der Waals surface area contributed by atoms with Crippen molar-refractivity contribution in [2.24, 2.45) is 0 Å². The fourth-order valence-corrected chi connectivity index (χ4v) is 2.93. The normalized spacial score (nSPS) is 15.4. The van der Waals surface area contributed by atoms with Gasteiger partial charge in [-0.3, -0.25) is 0 Å². The second-order valence-corrected chi connectivity index (χ2v) is 5.13. The molecule has 88 valence electrons. The molecule has 16 heavy (non-hydrogen) atoms. The molecule has 1 aliphatic heterocycles. The van der Waals surface area contributed by atoms with Crippen LogP contribution in [0.2, 0.25) is 0 Å². The van der Waals surface area contributed by atoms with Gasteiger partial charge in [-0.2, -0.15) is 0 Å². The van der Waals surface area contributed by atoms with E-state index in [9.17, 15) is 0 Å². The third kappa shape index (κ3) is 1.83. The van der Waals surface area contributed by atoms with E-state index in [1.807, 2.05) is 0 Å². The molecule has 0 fully saturated rings. The fourth-order valence-electron chi connectivity index (χ4n) is 2.93. The molecule has 0 aromatic heterocycles. The lowest BCUT2D eigenvalue weighted by atomic mass is 9.90. The third-order valence-electron chi connectivity index (χ3n) is 3.75. The van der Waals surface area contributed by atoms with Crippen molar-refractivity contribution in [3.8, 4) is 0 Å². The Kier molecular flexibility index (Phi) is 3.22. The molecule has 0 unspecified atom stereocenters. The molecule has 0 radical (unpaired) electrons. The highest BCUT2D eigenvalue weighted by Gasteiger charge is 2.19. The molecule has 0 saturated heterocycles. The summed E-state index contributed by atoms with van der Waals surface area (Å²) in [4.78, 5) is 2.54. The topological polar surface area (TPSA) is 3.24 Å². The lowest BCUT2D eigenvalue weighted by molar-refractivity contribution is 0.701. The Morgan fingerprint density at radius 1 is 1.31 bits per heavy atom. The number of rotatable bonds is 2. The molecule has 1 nitrogen and oxygen atoms in total. The summed E-state index contributed by atoms with van der Waals surface area (Å²) < 4.78 is 0. The number of hydrogen-bond donors (Lipinski definition) is 0. The van der Waals surface area contributed by atoms with Gasteiger partial charge in [0.1, 0.15) is 0 Å². The van der Waals surface area contributed by atoms with Gasteiger partial charge in [0.05, 0.1) is 0 Å². The number of hydrogen-bond acceptors (Lipinski definition) is 1. The van der Waals surface area contributed by atoms with E-state index in [1.54, 1.807) is 5.56 Å². The molecular weight excluding hydrogens is 194 g/mol. The standard InChI is InChI=1S/C15H23N/c1-5-16-10-6-7-13-8-9-14(11(2)3)12(4)15(13)16/h8-9,11H,5-7,10H2,1-4H3. The summed E-state index contributed by atoms with van der Waals surface area (Å²) in [7, 11) is 0. The molecule has 2 rings (SSSR count). The van der Waals surface area contributed by atoms with Gasteiger partial charge < -0.3 is 4.90 Å². The Morgan fingerprint density at radius 3 is 2.69 bits per heavy atom. The minimum absolute atomic E-state index is 0.630. The summed E-state index contributed by atoms with van der Waals surface area (Å²) in [6, 6.07) is 4.68. The van der Waals surface area contributed by atoms with Gasteiger partial charge >= 0.3 is 0 Å². The van der Waals surface area contributed by atoms with Gasteiger partial charge in [-0.15, -0.1) is 0 Å². The van der Waals surface area contributed by atoms with Gasteiger partial charge in [0.15, 0.2) is 0 Å². The predicted molar refractivity (Wildman–Crippen MR) is 71.5 cm³/mol. The Balaban J connectivity index is 2.52. The van der Waals surface area contributed by atoms with Crippen LogP contribution in [0.5, 0.6) is 0 Å². The summed E-state index contributed by atoms with van der Waals surface area (Å²) in [5.74, 6) is 0.630. The summed E-state index contributed by atoms with van der Waals surface area (Å²) in [5.41, 5.74) is 6.10. The van der Waals surface area contributed by atoms with Crippen LogP contribution >= 0.6 is 0 Å². The van der Waals surface area contributed by atoms with Crippen molar-refractivity contribution in [1.82, 2.24) is 0 Å². The van der Waals surface area contributed by atoms with Crippen LogP contribution in [0.15, 0.2) is 12.1 Å². The molecule has 1 heterocycles. The molecule has 1 aromatic carbocycles. The van der Waals surface area contributed by atoms with Crippen LogP contribution in [-0.2, 0) is 6.42 Å². The second kappa shape index (κ2) is 4.48. The maximum atomic E-state index is 2.54. The van der Waals surface area contributed by atoms with Crippen LogP contribution in [0, 0.1) is 6.92 Å². The van der Waals surface area contributed by atoms with Crippen LogP contribution in [-0.4, -0.2) is 13.1 Å². The van der Waals surface area contributed by atoms with E-state index in [2.05, 4.69) is 44.7 Å². The van der Waals surface area contributed by atoms with Crippen LogP contribution in [0.25, 0.3) is 0 Å². The monoisotopic (exact) mass is 217 g/mol. The Labute approximate surface area is 99.5 Å². The average Bonchev–Trinajstić information content (AvgIpc) is 2.28. The largest absolute Gasteiger partial charge is 0.371 e. The first-order valence-electron chi connectivity index (χ1n) is 6.52. The van der Waals surface area contributed by atoms with E-state index < -0.39 is 0 Å². The molecule has 0 N–H and O–H groups in total. The number of aryl methyl sites for hydroxylation is 1. The Morgan fingerprint density at radius 2 is 2.06 bits per heavy atom. The zero-order valence-electron chi connectivity index (χ0n) is 11.0. The van der Waals surface area contributed by atoms with E-state index in [1.165, 1.54) is 36.2 Å². The van der Waals surface area contributed by atoms with Crippen LogP contribution < -0.4 is 4.90 Å². The first kappa shape index (κ1) is 11.5. The van der Waals surface area contributed by atoms with E-state index in [4.69, 9.17) is 0 Å². The Bertz CT molecular complexity index is 379. The third-order valence-corrected chi connectivity index (χ3v) is 3.75. The van der Waals surface area contributed by atoms with Crippen molar-refractivity contribution in [2.45, 2.75) is 46.5 Å². The maximum Gasteiger partial charge on any atom is 0.0431 e. The minimum atomic E-state index is 0.630. The zero-order chi connectivity index (χ0) is 11.7. The van der Waals surface area contributed by atoms with Gasteiger partial charge in [0.25, 0.3) is 0 Å².